The average Bonchev–Trinajstić information content (AvgIpc) is 2.75. The van der Waals surface area contributed by atoms with Crippen LogP contribution in [0.4, 0.5) is 0 Å². The zero-order valence-electron chi connectivity index (χ0n) is 13.4. The Morgan fingerprint density at radius 2 is 1.71 bits per heavy atom. The molecular weight excluding hydrogens is 266 g/mol. The number of aromatic nitrogens is 2. The van der Waals surface area contributed by atoms with E-state index in [9.17, 15) is 4.79 Å². The lowest BCUT2D eigenvalue weighted by Crippen LogP contribution is -2.37. The van der Waals surface area contributed by atoms with Gasteiger partial charge in [-0.1, -0.05) is 20.8 Å². The van der Waals surface area contributed by atoms with Gasteiger partial charge in [-0.15, -0.1) is 0 Å². The van der Waals surface area contributed by atoms with Crippen molar-refractivity contribution in [3.63, 3.8) is 0 Å². The Morgan fingerprint density at radius 1 is 1.19 bits per heavy atom. The number of hydrazine groups is 1. The van der Waals surface area contributed by atoms with E-state index in [1.54, 1.807) is 12.4 Å². The van der Waals surface area contributed by atoms with Crippen LogP contribution >= 0.6 is 0 Å². The SMILES string of the molecule is CC1NNC(C)C1CNC(=O)c1cnc(C(C)(C)C)nc1. The number of hydrogen-bond acceptors (Lipinski definition) is 5. The van der Waals surface area contributed by atoms with Gasteiger partial charge in [0.2, 0.25) is 0 Å². The zero-order valence-corrected chi connectivity index (χ0v) is 13.4. The van der Waals surface area contributed by atoms with E-state index in [0.717, 1.165) is 5.82 Å². The highest BCUT2D eigenvalue weighted by molar-refractivity contribution is 5.93. The van der Waals surface area contributed by atoms with Gasteiger partial charge in [-0.05, 0) is 13.8 Å². The Balaban J connectivity index is 1.94. The maximum absolute atomic E-state index is 12.1. The summed E-state index contributed by atoms with van der Waals surface area (Å²) in [6, 6.07) is 0.666. The molecule has 0 radical (unpaired) electrons. The van der Waals surface area contributed by atoms with Gasteiger partial charge in [-0.3, -0.25) is 15.6 Å². The molecule has 3 N–H and O–H groups in total. The molecule has 0 aliphatic carbocycles. The molecule has 21 heavy (non-hydrogen) atoms. The van der Waals surface area contributed by atoms with E-state index in [0.29, 0.717) is 30.1 Å². The van der Waals surface area contributed by atoms with Gasteiger partial charge in [0.15, 0.2) is 0 Å². The summed E-state index contributed by atoms with van der Waals surface area (Å²) >= 11 is 0. The molecule has 0 aromatic carbocycles. The van der Waals surface area contributed by atoms with Crippen molar-refractivity contribution in [2.45, 2.75) is 52.1 Å². The lowest BCUT2D eigenvalue weighted by molar-refractivity contribution is 0.0944. The molecule has 0 spiro atoms. The smallest absolute Gasteiger partial charge is 0.254 e. The molecule has 1 aliphatic rings. The normalized spacial score (nSPS) is 25.9. The minimum Gasteiger partial charge on any atom is -0.352 e. The van der Waals surface area contributed by atoms with Crippen molar-refractivity contribution >= 4 is 5.91 Å². The van der Waals surface area contributed by atoms with Gasteiger partial charge >= 0.3 is 0 Å². The van der Waals surface area contributed by atoms with Crippen LogP contribution in [0.5, 0.6) is 0 Å². The number of nitrogens with zero attached hydrogens (tertiary/aromatic N) is 2. The van der Waals surface area contributed by atoms with E-state index in [-0.39, 0.29) is 11.3 Å². The standard InChI is InChI=1S/C15H25N5O/c1-9-12(10(2)20-19-9)8-16-13(21)11-6-17-14(18-7-11)15(3,4)5/h6-7,9-10,12,19-20H,8H2,1-5H3,(H,16,21). The maximum Gasteiger partial charge on any atom is 0.254 e. The first-order valence-corrected chi connectivity index (χ1v) is 7.41. The highest BCUT2D eigenvalue weighted by Gasteiger charge is 2.29. The van der Waals surface area contributed by atoms with Crippen LogP contribution in [-0.4, -0.2) is 34.5 Å². The Morgan fingerprint density at radius 3 is 2.19 bits per heavy atom. The molecule has 1 saturated heterocycles. The number of hydrogen-bond donors (Lipinski definition) is 3. The Bertz CT molecular complexity index is 484. The minimum atomic E-state index is -0.123. The van der Waals surface area contributed by atoms with E-state index in [1.807, 2.05) is 20.8 Å². The van der Waals surface area contributed by atoms with Crippen molar-refractivity contribution in [2.75, 3.05) is 6.54 Å². The van der Waals surface area contributed by atoms with Crippen LogP contribution in [0.25, 0.3) is 0 Å². The molecule has 2 unspecified atom stereocenters. The molecule has 0 saturated carbocycles. The fraction of sp³-hybridized carbons (Fsp3) is 0.667. The van der Waals surface area contributed by atoms with Crippen LogP contribution in [-0.2, 0) is 5.41 Å². The number of nitrogens with one attached hydrogen (secondary N) is 3. The second-order valence-electron chi connectivity index (χ2n) is 6.79. The molecule has 1 aliphatic heterocycles. The second kappa shape index (κ2) is 6.07. The highest BCUT2D eigenvalue weighted by atomic mass is 16.1. The fourth-order valence-electron chi connectivity index (χ4n) is 2.41. The van der Waals surface area contributed by atoms with E-state index in [2.05, 4.69) is 40.0 Å². The summed E-state index contributed by atoms with van der Waals surface area (Å²) in [5.41, 5.74) is 6.75. The van der Waals surface area contributed by atoms with Crippen LogP contribution in [0, 0.1) is 5.92 Å². The molecule has 2 atom stereocenters. The molecule has 1 aromatic rings. The highest BCUT2D eigenvalue weighted by Crippen LogP contribution is 2.17. The molecule has 1 fully saturated rings. The number of amides is 1. The topological polar surface area (TPSA) is 78.9 Å². The molecule has 116 valence electrons. The van der Waals surface area contributed by atoms with Gasteiger partial charge in [-0.25, -0.2) is 9.97 Å². The van der Waals surface area contributed by atoms with Crippen LogP contribution in [0.2, 0.25) is 0 Å². The van der Waals surface area contributed by atoms with Crippen LogP contribution in [0.15, 0.2) is 12.4 Å². The van der Waals surface area contributed by atoms with Crippen molar-refractivity contribution in [1.29, 1.82) is 0 Å². The van der Waals surface area contributed by atoms with E-state index in [4.69, 9.17) is 0 Å². The van der Waals surface area contributed by atoms with Crippen molar-refractivity contribution in [2.24, 2.45) is 5.92 Å². The summed E-state index contributed by atoms with van der Waals surface area (Å²) in [7, 11) is 0. The first-order chi connectivity index (χ1) is 9.79. The fourth-order valence-corrected chi connectivity index (χ4v) is 2.41. The predicted octanol–water partition coefficient (Wildman–Crippen LogP) is 1.00. The van der Waals surface area contributed by atoms with Crippen molar-refractivity contribution < 1.29 is 4.79 Å². The summed E-state index contributed by atoms with van der Waals surface area (Å²) < 4.78 is 0. The molecule has 1 amide bonds. The molecular formula is C15H25N5O. The Kier molecular flexibility index (Phi) is 4.58. The third kappa shape index (κ3) is 3.77. The van der Waals surface area contributed by atoms with Crippen molar-refractivity contribution in [3.05, 3.63) is 23.8 Å². The zero-order chi connectivity index (χ0) is 15.6. The summed E-state index contributed by atoms with van der Waals surface area (Å²) in [6.07, 6.45) is 3.20. The minimum absolute atomic E-state index is 0.110. The molecule has 6 nitrogen and oxygen atoms in total. The monoisotopic (exact) mass is 291 g/mol. The summed E-state index contributed by atoms with van der Waals surface area (Å²) in [5, 5.41) is 2.96. The summed E-state index contributed by atoms with van der Waals surface area (Å²) in [5.74, 6) is 0.982. The van der Waals surface area contributed by atoms with Crippen LogP contribution < -0.4 is 16.2 Å². The molecule has 6 heteroatoms. The Labute approximate surface area is 126 Å². The number of rotatable bonds is 3. The third-order valence-electron chi connectivity index (χ3n) is 3.91. The van der Waals surface area contributed by atoms with Crippen molar-refractivity contribution in [3.8, 4) is 0 Å². The lowest BCUT2D eigenvalue weighted by Gasteiger charge is -2.19. The molecule has 2 heterocycles. The third-order valence-corrected chi connectivity index (χ3v) is 3.91. The van der Waals surface area contributed by atoms with E-state index < -0.39 is 0 Å². The van der Waals surface area contributed by atoms with Gasteiger partial charge < -0.3 is 5.32 Å². The van der Waals surface area contributed by atoms with Gasteiger partial charge in [-0.2, -0.15) is 0 Å². The lowest BCUT2D eigenvalue weighted by atomic mass is 9.95. The van der Waals surface area contributed by atoms with E-state index in [1.165, 1.54) is 0 Å². The van der Waals surface area contributed by atoms with Gasteiger partial charge in [0.25, 0.3) is 5.91 Å². The van der Waals surface area contributed by atoms with Crippen LogP contribution in [0.1, 0.15) is 50.8 Å². The quantitative estimate of drug-likeness (QED) is 0.774. The Hall–Kier alpha value is -1.53. The summed E-state index contributed by atoms with van der Waals surface area (Å²) in [4.78, 5) is 20.7. The number of carbonyl (C=O) groups is 1. The van der Waals surface area contributed by atoms with Gasteiger partial charge in [0, 0.05) is 42.4 Å². The number of carbonyl (C=O) groups excluding carboxylic acids is 1. The first-order valence-electron chi connectivity index (χ1n) is 7.41. The van der Waals surface area contributed by atoms with Crippen molar-refractivity contribution in [1.82, 2.24) is 26.1 Å². The average molecular weight is 291 g/mol. The first kappa shape index (κ1) is 15.9. The molecule has 2 rings (SSSR count). The molecule has 0 bridgehead atoms. The van der Waals surface area contributed by atoms with Gasteiger partial charge in [0.05, 0.1) is 5.56 Å². The second-order valence-corrected chi connectivity index (χ2v) is 6.79. The van der Waals surface area contributed by atoms with Crippen LogP contribution in [0.3, 0.4) is 0 Å². The summed E-state index contributed by atoms with van der Waals surface area (Å²) in [6.45, 7) is 11.0. The molecule has 1 aromatic heterocycles. The maximum atomic E-state index is 12.1. The van der Waals surface area contributed by atoms with E-state index >= 15 is 0 Å². The van der Waals surface area contributed by atoms with Gasteiger partial charge in [0.1, 0.15) is 5.82 Å². The predicted molar refractivity (Wildman–Crippen MR) is 81.8 cm³/mol. The largest absolute Gasteiger partial charge is 0.352 e.